The van der Waals surface area contributed by atoms with Crippen LogP contribution in [0.25, 0.3) is 0 Å². The summed E-state index contributed by atoms with van der Waals surface area (Å²) in [5.74, 6) is -0.974. The number of hydrogen-bond donors (Lipinski definition) is 2. The van der Waals surface area contributed by atoms with Crippen LogP contribution < -0.4 is 10.5 Å². The van der Waals surface area contributed by atoms with Crippen LogP contribution >= 0.6 is 0 Å². The van der Waals surface area contributed by atoms with E-state index in [-0.39, 0.29) is 11.6 Å². The molecule has 0 saturated heterocycles. The molecule has 0 spiro atoms. The minimum absolute atomic E-state index is 0.0905. The Morgan fingerprint density at radius 3 is 2.61 bits per heavy atom. The lowest BCUT2D eigenvalue weighted by Crippen LogP contribution is -2.06. The number of ether oxygens (including phenoxy) is 1. The normalized spacial score (nSPS) is 10.0. The zero-order valence-corrected chi connectivity index (χ0v) is 9.54. The van der Waals surface area contributed by atoms with Crippen molar-refractivity contribution in [3.63, 3.8) is 0 Å². The molecule has 0 fully saturated rings. The predicted octanol–water partition coefficient (Wildman–Crippen LogP) is 1.94. The van der Waals surface area contributed by atoms with Gasteiger partial charge in [0.2, 0.25) is 5.88 Å². The molecule has 0 aliphatic heterocycles. The SMILES string of the molecule is Nc1ccc(C(=O)O)nc1OCc1ccccc1. The Hall–Kier alpha value is -2.56. The molecule has 0 unspecified atom stereocenters. The summed E-state index contributed by atoms with van der Waals surface area (Å²) in [7, 11) is 0. The number of hydrogen-bond acceptors (Lipinski definition) is 4. The highest BCUT2D eigenvalue weighted by molar-refractivity contribution is 5.86. The number of carbonyl (C=O) groups is 1. The number of rotatable bonds is 4. The lowest BCUT2D eigenvalue weighted by Gasteiger charge is -2.08. The predicted molar refractivity (Wildman–Crippen MR) is 66.4 cm³/mol. The minimum Gasteiger partial charge on any atom is -0.477 e. The van der Waals surface area contributed by atoms with Crippen molar-refractivity contribution in [2.75, 3.05) is 5.73 Å². The molecule has 3 N–H and O–H groups in total. The number of carboxylic acids is 1. The number of aromatic carboxylic acids is 1. The first kappa shape index (κ1) is 11.9. The summed E-state index contributed by atoms with van der Waals surface area (Å²) >= 11 is 0. The van der Waals surface area contributed by atoms with Gasteiger partial charge in [0.05, 0.1) is 5.69 Å². The highest BCUT2D eigenvalue weighted by Gasteiger charge is 2.09. The second-order valence-electron chi connectivity index (χ2n) is 3.67. The Kier molecular flexibility index (Phi) is 3.43. The van der Waals surface area contributed by atoms with Crippen LogP contribution in [0.4, 0.5) is 5.69 Å². The van der Waals surface area contributed by atoms with Crippen LogP contribution in [0.5, 0.6) is 5.88 Å². The molecule has 1 heterocycles. The Morgan fingerprint density at radius 2 is 1.94 bits per heavy atom. The average molecular weight is 244 g/mol. The molecule has 1 aromatic heterocycles. The molecule has 5 nitrogen and oxygen atoms in total. The quantitative estimate of drug-likeness (QED) is 0.858. The van der Waals surface area contributed by atoms with Gasteiger partial charge in [-0.15, -0.1) is 0 Å². The molecule has 18 heavy (non-hydrogen) atoms. The smallest absolute Gasteiger partial charge is 0.354 e. The first-order chi connectivity index (χ1) is 8.66. The zero-order chi connectivity index (χ0) is 13.0. The molecule has 0 bridgehead atoms. The number of nitrogens with zero attached hydrogens (tertiary/aromatic N) is 1. The number of nitrogens with two attached hydrogens (primary N) is 1. The van der Waals surface area contributed by atoms with Crippen LogP contribution in [0.1, 0.15) is 16.1 Å². The maximum Gasteiger partial charge on any atom is 0.354 e. The number of aromatic nitrogens is 1. The van der Waals surface area contributed by atoms with Crippen LogP contribution in [0.2, 0.25) is 0 Å². The summed E-state index contributed by atoms with van der Waals surface area (Å²) in [5, 5.41) is 8.83. The van der Waals surface area contributed by atoms with Crippen molar-refractivity contribution in [3.8, 4) is 5.88 Å². The highest BCUT2D eigenvalue weighted by Crippen LogP contribution is 2.19. The Bertz CT molecular complexity index is 555. The molecule has 1 aromatic carbocycles. The molecule has 0 atom stereocenters. The number of pyridine rings is 1. The fraction of sp³-hybridized carbons (Fsp3) is 0.0769. The van der Waals surface area contributed by atoms with Crippen molar-refractivity contribution >= 4 is 11.7 Å². The summed E-state index contributed by atoms with van der Waals surface area (Å²) in [4.78, 5) is 14.6. The van der Waals surface area contributed by atoms with Gasteiger partial charge in [-0.1, -0.05) is 30.3 Å². The van der Waals surface area contributed by atoms with E-state index in [1.807, 2.05) is 30.3 Å². The summed E-state index contributed by atoms with van der Waals surface area (Å²) < 4.78 is 5.41. The molecule has 0 aliphatic rings. The summed E-state index contributed by atoms with van der Waals surface area (Å²) in [6.07, 6.45) is 0. The number of benzene rings is 1. The Balaban J connectivity index is 2.14. The molecule has 92 valence electrons. The van der Waals surface area contributed by atoms with Crippen LogP contribution in [-0.2, 0) is 6.61 Å². The fourth-order valence-electron chi connectivity index (χ4n) is 1.41. The molecule has 2 aromatic rings. The van der Waals surface area contributed by atoms with E-state index in [9.17, 15) is 4.79 Å². The van der Waals surface area contributed by atoms with E-state index in [1.54, 1.807) is 0 Å². The van der Waals surface area contributed by atoms with Gasteiger partial charge < -0.3 is 15.6 Å². The van der Waals surface area contributed by atoms with Crippen molar-refractivity contribution < 1.29 is 14.6 Å². The molecule has 0 saturated carbocycles. The van der Waals surface area contributed by atoms with Crippen molar-refractivity contribution in [1.82, 2.24) is 4.98 Å². The monoisotopic (exact) mass is 244 g/mol. The summed E-state index contributed by atoms with van der Waals surface area (Å²) in [6.45, 7) is 0.293. The van der Waals surface area contributed by atoms with Gasteiger partial charge in [0.25, 0.3) is 0 Å². The second-order valence-corrected chi connectivity index (χ2v) is 3.67. The van der Waals surface area contributed by atoms with Gasteiger partial charge >= 0.3 is 5.97 Å². The minimum atomic E-state index is -1.11. The van der Waals surface area contributed by atoms with Gasteiger partial charge in [0.1, 0.15) is 6.61 Å². The van der Waals surface area contributed by atoms with Crippen molar-refractivity contribution in [3.05, 3.63) is 53.7 Å². The van der Waals surface area contributed by atoms with Crippen molar-refractivity contribution in [2.24, 2.45) is 0 Å². The van der Waals surface area contributed by atoms with Crippen molar-refractivity contribution in [2.45, 2.75) is 6.61 Å². The average Bonchev–Trinajstić information content (AvgIpc) is 2.38. The zero-order valence-electron chi connectivity index (χ0n) is 9.54. The molecule has 0 amide bonds. The highest BCUT2D eigenvalue weighted by atomic mass is 16.5. The summed E-state index contributed by atoms with van der Waals surface area (Å²) in [6, 6.07) is 12.3. The number of anilines is 1. The maximum atomic E-state index is 10.8. The van der Waals surface area contributed by atoms with Gasteiger partial charge in [0, 0.05) is 0 Å². The second kappa shape index (κ2) is 5.18. The van der Waals surface area contributed by atoms with E-state index >= 15 is 0 Å². The van der Waals surface area contributed by atoms with Crippen LogP contribution in [0.15, 0.2) is 42.5 Å². The number of carboxylic acid groups (broad SMARTS) is 1. The van der Waals surface area contributed by atoms with E-state index in [1.165, 1.54) is 12.1 Å². The van der Waals surface area contributed by atoms with E-state index in [4.69, 9.17) is 15.6 Å². The van der Waals surface area contributed by atoms with E-state index < -0.39 is 5.97 Å². The standard InChI is InChI=1S/C13H12N2O3/c14-10-6-7-11(13(16)17)15-12(10)18-8-9-4-2-1-3-5-9/h1-7H,8,14H2,(H,16,17). The third-order valence-corrected chi connectivity index (χ3v) is 2.33. The number of nitrogen functional groups attached to an aromatic ring is 1. The third-order valence-electron chi connectivity index (χ3n) is 2.33. The van der Waals surface area contributed by atoms with Gasteiger partial charge in [0.15, 0.2) is 5.69 Å². The Labute approximate surface area is 104 Å². The van der Waals surface area contributed by atoms with E-state index in [0.29, 0.717) is 12.3 Å². The fourth-order valence-corrected chi connectivity index (χ4v) is 1.41. The van der Waals surface area contributed by atoms with Crippen LogP contribution in [-0.4, -0.2) is 16.1 Å². The van der Waals surface area contributed by atoms with Gasteiger partial charge in [-0.2, -0.15) is 0 Å². The van der Waals surface area contributed by atoms with Gasteiger partial charge in [-0.05, 0) is 17.7 Å². The first-order valence-electron chi connectivity index (χ1n) is 5.33. The molecule has 2 rings (SSSR count). The molecular formula is C13H12N2O3. The lowest BCUT2D eigenvalue weighted by molar-refractivity contribution is 0.0689. The topological polar surface area (TPSA) is 85.4 Å². The first-order valence-corrected chi connectivity index (χ1v) is 5.33. The molecule has 0 aliphatic carbocycles. The van der Waals surface area contributed by atoms with Crippen molar-refractivity contribution in [1.29, 1.82) is 0 Å². The largest absolute Gasteiger partial charge is 0.477 e. The summed E-state index contributed by atoms with van der Waals surface area (Å²) in [5.41, 5.74) is 6.86. The van der Waals surface area contributed by atoms with Crippen LogP contribution in [0.3, 0.4) is 0 Å². The third kappa shape index (κ3) is 2.76. The lowest BCUT2D eigenvalue weighted by atomic mass is 10.2. The Morgan fingerprint density at radius 1 is 1.22 bits per heavy atom. The van der Waals surface area contributed by atoms with Crippen LogP contribution in [0, 0.1) is 0 Å². The molecular weight excluding hydrogens is 232 g/mol. The van der Waals surface area contributed by atoms with Gasteiger partial charge in [-0.3, -0.25) is 0 Å². The molecule has 5 heteroatoms. The van der Waals surface area contributed by atoms with E-state index in [0.717, 1.165) is 5.56 Å². The molecule has 0 radical (unpaired) electrons. The van der Waals surface area contributed by atoms with Gasteiger partial charge in [-0.25, -0.2) is 9.78 Å². The maximum absolute atomic E-state index is 10.8. The van der Waals surface area contributed by atoms with E-state index in [2.05, 4.69) is 4.98 Å².